The molecule has 0 aliphatic rings. The molecule has 58 valence electrons. The van der Waals surface area contributed by atoms with E-state index in [0.29, 0.717) is 12.2 Å². The van der Waals surface area contributed by atoms with Crippen molar-refractivity contribution in [2.45, 2.75) is 20.3 Å². The fourth-order valence-corrected chi connectivity index (χ4v) is 0.682. The Hall–Kier alpha value is -0.990. The van der Waals surface area contributed by atoms with Gasteiger partial charge in [-0.1, -0.05) is 6.92 Å². The molecule has 0 rings (SSSR count). The summed E-state index contributed by atoms with van der Waals surface area (Å²) in [5, 5.41) is 8.48. The Balaban J connectivity index is 4.43. The summed E-state index contributed by atoms with van der Waals surface area (Å²) < 4.78 is 4.82. The van der Waals surface area contributed by atoms with E-state index in [1.807, 2.05) is 6.92 Å². The summed E-state index contributed by atoms with van der Waals surface area (Å²) in [6, 6.07) is 0. The average molecular weight is 144 g/mol. The number of aliphatic carboxylic acids is 1. The molecule has 0 aliphatic heterocycles. The van der Waals surface area contributed by atoms with Crippen LogP contribution in [0.15, 0.2) is 11.3 Å². The zero-order valence-electron chi connectivity index (χ0n) is 6.47. The zero-order chi connectivity index (χ0) is 8.15. The molecule has 0 amide bonds. The average Bonchev–Trinajstić information content (AvgIpc) is 1.90. The van der Waals surface area contributed by atoms with E-state index in [-0.39, 0.29) is 5.57 Å². The number of rotatable bonds is 3. The molecule has 0 saturated carbocycles. The van der Waals surface area contributed by atoms with Crippen molar-refractivity contribution in [3.63, 3.8) is 0 Å². The third kappa shape index (κ3) is 2.09. The van der Waals surface area contributed by atoms with Crippen LogP contribution in [0.3, 0.4) is 0 Å². The fourth-order valence-electron chi connectivity index (χ4n) is 0.682. The van der Waals surface area contributed by atoms with Crippen LogP contribution in [0.5, 0.6) is 0 Å². The lowest BCUT2D eigenvalue weighted by molar-refractivity contribution is -0.132. The molecule has 0 spiro atoms. The molecule has 0 aromatic rings. The van der Waals surface area contributed by atoms with Crippen LogP contribution in [0.2, 0.25) is 0 Å². The molecular formula is C7H12O3. The lowest BCUT2D eigenvalue weighted by Gasteiger charge is -2.03. The van der Waals surface area contributed by atoms with Gasteiger partial charge in [0.15, 0.2) is 0 Å². The largest absolute Gasteiger partial charge is 0.501 e. The van der Waals surface area contributed by atoms with Gasteiger partial charge in [-0.3, -0.25) is 0 Å². The summed E-state index contributed by atoms with van der Waals surface area (Å²) in [4.78, 5) is 10.3. The quantitative estimate of drug-likeness (QED) is 0.481. The van der Waals surface area contributed by atoms with Crippen LogP contribution in [0, 0.1) is 0 Å². The first-order valence-corrected chi connectivity index (χ1v) is 3.10. The minimum absolute atomic E-state index is 0.282. The molecule has 0 aromatic heterocycles. The van der Waals surface area contributed by atoms with Gasteiger partial charge >= 0.3 is 5.97 Å². The van der Waals surface area contributed by atoms with E-state index in [0.717, 1.165) is 0 Å². The summed E-state index contributed by atoms with van der Waals surface area (Å²) in [7, 11) is 1.48. The number of hydrogen-bond donors (Lipinski definition) is 1. The zero-order valence-corrected chi connectivity index (χ0v) is 6.47. The highest BCUT2D eigenvalue weighted by atomic mass is 16.5. The molecule has 1 N–H and O–H groups in total. The predicted molar refractivity (Wildman–Crippen MR) is 37.6 cm³/mol. The van der Waals surface area contributed by atoms with E-state index in [4.69, 9.17) is 9.84 Å². The Kier molecular flexibility index (Phi) is 3.54. The van der Waals surface area contributed by atoms with Crippen molar-refractivity contribution in [3.8, 4) is 0 Å². The maximum absolute atomic E-state index is 10.3. The lowest BCUT2D eigenvalue weighted by Crippen LogP contribution is -2.01. The number of ether oxygens (including phenoxy) is 1. The molecule has 0 unspecified atom stereocenters. The first-order valence-electron chi connectivity index (χ1n) is 3.10. The minimum Gasteiger partial charge on any atom is -0.501 e. The van der Waals surface area contributed by atoms with Gasteiger partial charge in [0.2, 0.25) is 0 Å². The molecule has 3 heteroatoms. The van der Waals surface area contributed by atoms with Crippen molar-refractivity contribution >= 4 is 5.97 Å². The maximum Gasteiger partial charge on any atom is 0.334 e. The van der Waals surface area contributed by atoms with Gasteiger partial charge in [0.25, 0.3) is 0 Å². The second-order valence-electron chi connectivity index (χ2n) is 1.91. The van der Waals surface area contributed by atoms with Gasteiger partial charge < -0.3 is 9.84 Å². The molecule has 0 aromatic carbocycles. The number of carboxylic acids is 1. The van der Waals surface area contributed by atoms with Crippen molar-refractivity contribution in [2.75, 3.05) is 7.11 Å². The van der Waals surface area contributed by atoms with Crippen molar-refractivity contribution in [3.05, 3.63) is 11.3 Å². The molecule has 0 aliphatic carbocycles. The number of carbonyl (C=O) groups is 1. The van der Waals surface area contributed by atoms with Gasteiger partial charge in [0, 0.05) is 6.42 Å². The van der Waals surface area contributed by atoms with Crippen molar-refractivity contribution in [1.82, 2.24) is 0 Å². The van der Waals surface area contributed by atoms with Crippen molar-refractivity contribution in [1.29, 1.82) is 0 Å². The summed E-state index contributed by atoms with van der Waals surface area (Å²) >= 11 is 0. The summed E-state index contributed by atoms with van der Waals surface area (Å²) in [6.45, 7) is 3.38. The smallest absolute Gasteiger partial charge is 0.334 e. The number of methoxy groups -OCH3 is 1. The van der Waals surface area contributed by atoms with E-state index in [9.17, 15) is 4.79 Å². The third-order valence-electron chi connectivity index (χ3n) is 1.31. The molecule has 3 nitrogen and oxygen atoms in total. The fraction of sp³-hybridized carbons (Fsp3) is 0.571. The highest BCUT2D eigenvalue weighted by molar-refractivity contribution is 5.86. The van der Waals surface area contributed by atoms with Gasteiger partial charge in [-0.05, 0) is 6.92 Å². The standard InChI is InChI=1S/C7H12O3/c1-4-6(10-3)5(2)7(8)9/h4H2,1-3H3,(H,8,9)/b6-5+. The van der Waals surface area contributed by atoms with Crippen LogP contribution >= 0.6 is 0 Å². The lowest BCUT2D eigenvalue weighted by atomic mass is 10.2. The van der Waals surface area contributed by atoms with Crippen LogP contribution < -0.4 is 0 Å². The summed E-state index contributed by atoms with van der Waals surface area (Å²) in [5.74, 6) is -0.383. The Morgan fingerprint density at radius 1 is 1.60 bits per heavy atom. The van der Waals surface area contributed by atoms with Gasteiger partial charge in [0.05, 0.1) is 12.7 Å². The Labute approximate surface area is 60.3 Å². The summed E-state index contributed by atoms with van der Waals surface area (Å²) in [6.07, 6.45) is 0.620. The van der Waals surface area contributed by atoms with Crippen LogP contribution in [0.25, 0.3) is 0 Å². The van der Waals surface area contributed by atoms with Gasteiger partial charge in [0.1, 0.15) is 5.76 Å². The molecule has 0 radical (unpaired) electrons. The van der Waals surface area contributed by atoms with Gasteiger partial charge in [-0.25, -0.2) is 4.79 Å². The van der Waals surface area contributed by atoms with Crippen LogP contribution in [0.1, 0.15) is 20.3 Å². The van der Waals surface area contributed by atoms with Crippen molar-refractivity contribution in [2.24, 2.45) is 0 Å². The summed E-state index contributed by atoms with van der Waals surface area (Å²) in [5.41, 5.74) is 0.282. The monoisotopic (exact) mass is 144 g/mol. The highest BCUT2D eigenvalue weighted by Crippen LogP contribution is 2.08. The molecule has 0 fully saturated rings. The van der Waals surface area contributed by atoms with E-state index in [2.05, 4.69) is 0 Å². The van der Waals surface area contributed by atoms with Crippen LogP contribution in [-0.4, -0.2) is 18.2 Å². The maximum atomic E-state index is 10.3. The molecule has 0 saturated heterocycles. The molecule has 10 heavy (non-hydrogen) atoms. The molecule has 0 atom stereocenters. The molecular weight excluding hydrogens is 132 g/mol. The van der Waals surface area contributed by atoms with Crippen LogP contribution in [-0.2, 0) is 9.53 Å². The first-order chi connectivity index (χ1) is 4.63. The number of carboxylic acid groups (broad SMARTS) is 1. The number of allylic oxidation sites excluding steroid dienone is 1. The van der Waals surface area contributed by atoms with Gasteiger partial charge in [-0.2, -0.15) is 0 Å². The minimum atomic E-state index is -0.918. The second kappa shape index (κ2) is 3.93. The number of hydrogen-bond acceptors (Lipinski definition) is 2. The van der Waals surface area contributed by atoms with Crippen molar-refractivity contribution < 1.29 is 14.6 Å². The topological polar surface area (TPSA) is 46.5 Å². The molecule has 0 heterocycles. The van der Waals surface area contributed by atoms with Gasteiger partial charge in [-0.15, -0.1) is 0 Å². The first kappa shape index (κ1) is 9.01. The normalized spacial score (nSPS) is 12.3. The third-order valence-corrected chi connectivity index (χ3v) is 1.31. The Morgan fingerprint density at radius 3 is 2.20 bits per heavy atom. The highest BCUT2D eigenvalue weighted by Gasteiger charge is 2.06. The van der Waals surface area contributed by atoms with E-state index >= 15 is 0 Å². The Morgan fingerprint density at radius 2 is 2.10 bits per heavy atom. The van der Waals surface area contributed by atoms with E-state index in [1.165, 1.54) is 14.0 Å². The predicted octanol–water partition coefficient (Wildman–Crippen LogP) is 1.40. The second-order valence-corrected chi connectivity index (χ2v) is 1.91. The van der Waals surface area contributed by atoms with E-state index in [1.54, 1.807) is 0 Å². The Bertz CT molecular complexity index is 152. The van der Waals surface area contributed by atoms with Crippen LogP contribution in [0.4, 0.5) is 0 Å². The van der Waals surface area contributed by atoms with E-state index < -0.39 is 5.97 Å². The molecule has 0 bridgehead atoms. The SMILES string of the molecule is CC/C(OC)=C(/C)C(=O)O.